The summed E-state index contributed by atoms with van der Waals surface area (Å²) in [5.74, 6) is -2.50. The summed E-state index contributed by atoms with van der Waals surface area (Å²) in [4.78, 5) is 19.6. The molecule has 0 saturated heterocycles. The van der Waals surface area contributed by atoms with Crippen LogP contribution in [0, 0.1) is 0 Å². The Bertz CT molecular complexity index is 142. The van der Waals surface area contributed by atoms with Gasteiger partial charge in [-0.15, -0.1) is 37.2 Å². The summed E-state index contributed by atoms with van der Waals surface area (Å²) < 4.78 is 0. The summed E-state index contributed by atoms with van der Waals surface area (Å²) in [6.07, 6.45) is -0.532. The maximum atomic E-state index is 9.85. The molecule has 0 spiro atoms. The maximum Gasteiger partial charge on any atom is 0.321 e. The summed E-state index contributed by atoms with van der Waals surface area (Å²) >= 11 is 0. The fourth-order valence-electron chi connectivity index (χ4n) is 0.275. The molecule has 4 N–H and O–H groups in total. The Morgan fingerprint density at radius 3 is 1.58 bits per heavy atom. The van der Waals surface area contributed by atoms with Gasteiger partial charge in [0.2, 0.25) is 0 Å². The van der Waals surface area contributed by atoms with Crippen LogP contribution in [0.4, 0.5) is 0 Å². The summed E-state index contributed by atoms with van der Waals surface area (Å²) in [5, 5.41) is 16.0. The summed E-state index contributed by atoms with van der Waals surface area (Å²) in [5.41, 5.74) is 4.84. The van der Waals surface area contributed by atoms with Crippen LogP contribution in [-0.2, 0) is 9.59 Å². The van der Waals surface area contributed by atoms with E-state index < -0.39 is 24.4 Å². The van der Waals surface area contributed by atoms with Crippen molar-refractivity contribution in [1.29, 1.82) is 0 Å². The predicted molar refractivity (Wildman–Crippen MR) is 49.6 cm³/mol. The lowest BCUT2D eigenvalue weighted by Gasteiger charge is -1.99. The third-order valence-corrected chi connectivity index (χ3v) is 0.712. The second-order valence-corrected chi connectivity index (χ2v) is 1.54. The van der Waals surface area contributed by atoms with Crippen LogP contribution in [0.15, 0.2) is 0 Å². The van der Waals surface area contributed by atoms with Gasteiger partial charge in [0.1, 0.15) is 6.04 Å². The Hall–Kier alpha value is -0.230. The molecule has 0 aromatic carbocycles. The van der Waals surface area contributed by atoms with Crippen LogP contribution < -0.4 is 5.73 Å². The van der Waals surface area contributed by atoms with Gasteiger partial charge >= 0.3 is 11.9 Å². The van der Waals surface area contributed by atoms with Crippen molar-refractivity contribution < 1.29 is 19.8 Å². The SMILES string of the molecule is Cl.Cl.Cl.N[C@@H](CC(=O)O)C(=O)O. The highest BCUT2D eigenvalue weighted by Crippen LogP contribution is 1.86. The average Bonchev–Trinajstić information content (AvgIpc) is 1.63. The number of hydrogen-bond acceptors (Lipinski definition) is 3. The predicted octanol–water partition coefficient (Wildman–Crippen LogP) is 0.138. The van der Waals surface area contributed by atoms with Crippen molar-refractivity contribution in [3.8, 4) is 0 Å². The normalized spacial score (nSPS) is 9.42. The molecule has 0 heterocycles. The van der Waals surface area contributed by atoms with Crippen molar-refractivity contribution in [2.75, 3.05) is 0 Å². The van der Waals surface area contributed by atoms with Gasteiger partial charge in [-0.1, -0.05) is 0 Å². The van der Waals surface area contributed by atoms with Gasteiger partial charge in [0.25, 0.3) is 0 Å². The van der Waals surface area contributed by atoms with Crippen molar-refractivity contribution >= 4 is 49.2 Å². The largest absolute Gasteiger partial charge is 0.481 e. The van der Waals surface area contributed by atoms with Crippen molar-refractivity contribution in [2.45, 2.75) is 12.5 Å². The number of carboxylic acids is 2. The highest BCUT2D eigenvalue weighted by atomic mass is 35.5. The average molecular weight is 242 g/mol. The lowest BCUT2D eigenvalue weighted by atomic mass is 10.2. The first kappa shape index (κ1) is 22.6. The Kier molecular flexibility index (Phi) is 20.3. The third kappa shape index (κ3) is 12.4. The van der Waals surface area contributed by atoms with Crippen LogP contribution in [0.5, 0.6) is 0 Å². The Balaban J connectivity index is -0.000000107. The molecule has 12 heavy (non-hydrogen) atoms. The minimum Gasteiger partial charge on any atom is -0.481 e. The van der Waals surface area contributed by atoms with Crippen LogP contribution in [0.1, 0.15) is 6.42 Å². The molecule has 0 saturated carbocycles. The van der Waals surface area contributed by atoms with Gasteiger partial charge in [0.05, 0.1) is 6.42 Å². The second-order valence-electron chi connectivity index (χ2n) is 1.54. The number of aliphatic carboxylic acids is 2. The van der Waals surface area contributed by atoms with Crippen LogP contribution in [0.25, 0.3) is 0 Å². The van der Waals surface area contributed by atoms with E-state index in [2.05, 4.69) is 0 Å². The summed E-state index contributed by atoms with van der Waals surface area (Å²) in [6.45, 7) is 0. The molecule has 76 valence electrons. The highest BCUT2D eigenvalue weighted by molar-refractivity contribution is 5.86. The first-order valence-corrected chi connectivity index (χ1v) is 2.24. The Morgan fingerprint density at radius 2 is 1.50 bits per heavy atom. The standard InChI is InChI=1S/C4H7NO4.3ClH/c5-2(4(8)9)1-3(6)7;;;/h2H,1,5H2,(H,6,7)(H,8,9);3*1H/t2-;;;/m0.../s1. The van der Waals surface area contributed by atoms with E-state index in [0.717, 1.165) is 0 Å². The van der Waals surface area contributed by atoms with E-state index >= 15 is 0 Å². The molecule has 0 aromatic rings. The molecule has 0 aliphatic rings. The van der Waals surface area contributed by atoms with Gasteiger partial charge in [0.15, 0.2) is 0 Å². The fraction of sp³-hybridized carbons (Fsp3) is 0.500. The van der Waals surface area contributed by atoms with E-state index in [1.807, 2.05) is 0 Å². The molecule has 0 unspecified atom stereocenters. The molecule has 0 fully saturated rings. The first-order chi connectivity index (χ1) is 4.04. The molecule has 0 rings (SSSR count). The number of hydrogen-bond donors (Lipinski definition) is 3. The van der Waals surface area contributed by atoms with Crippen molar-refractivity contribution in [3.05, 3.63) is 0 Å². The fourth-order valence-corrected chi connectivity index (χ4v) is 0.275. The Labute approximate surface area is 87.5 Å². The van der Waals surface area contributed by atoms with Crippen LogP contribution in [0.3, 0.4) is 0 Å². The zero-order valence-corrected chi connectivity index (χ0v) is 8.25. The number of halogens is 3. The van der Waals surface area contributed by atoms with E-state index in [1.165, 1.54) is 0 Å². The molecule has 0 amide bonds. The van der Waals surface area contributed by atoms with Crippen LogP contribution in [0.2, 0.25) is 0 Å². The van der Waals surface area contributed by atoms with Crippen molar-refractivity contribution in [3.63, 3.8) is 0 Å². The zero-order valence-electron chi connectivity index (χ0n) is 5.80. The number of nitrogens with two attached hydrogens (primary N) is 1. The van der Waals surface area contributed by atoms with Gasteiger partial charge in [-0.3, -0.25) is 9.59 Å². The van der Waals surface area contributed by atoms with E-state index in [0.29, 0.717) is 0 Å². The van der Waals surface area contributed by atoms with E-state index in [4.69, 9.17) is 15.9 Å². The molecule has 5 nitrogen and oxygen atoms in total. The molecular weight excluding hydrogens is 232 g/mol. The van der Waals surface area contributed by atoms with Gasteiger partial charge in [0, 0.05) is 0 Å². The van der Waals surface area contributed by atoms with Crippen LogP contribution in [-0.4, -0.2) is 28.2 Å². The zero-order chi connectivity index (χ0) is 7.44. The number of carboxylic acid groups (broad SMARTS) is 2. The molecule has 0 aliphatic heterocycles. The third-order valence-electron chi connectivity index (χ3n) is 0.712. The minimum atomic E-state index is -1.29. The van der Waals surface area contributed by atoms with Gasteiger partial charge in [-0.05, 0) is 0 Å². The summed E-state index contributed by atoms with van der Waals surface area (Å²) in [7, 11) is 0. The second kappa shape index (κ2) is 10.8. The van der Waals surface area contributed by atoms with E-state index in [-0.39, 0.29) is 37.2 Å². The maximum absolute atomic E-state index is 9.85. The lowest BCUT2D eigenvalue weighted by Crippen LogP contribution is -2.32. The molecular formula is C4H10Cl3NO4. The van der Waals surface area contributed by atoms with E-state index in [9.17, 15) is 9.59 Å². The van der Waals surface area contributed by atoms with Crippen molar-refractivity contribution in [1.82, 2.24) is 0 Å². The lowest BCUT2D eigenvalue weighted by molar-refractivity contribution is -0.144. The molecule has 0 radical (unpaired) electrons. The smallest absolute Gasteiger partial charge is 0.321 e. The quantitative estimate of drug-likeness (QED) is 0.653. The highest BCUT2D eigenvalue weighted by Gasteiger charge is 2.14. The van der Waals surface area contributed by atoms with Crippen LogP contribution >= 0.6 is 37.2 Å². The van der Waals surface area contributed by atoms with Crippen molar-refractivity contribution in [2.24, 2.45) is 5.73 Å². The van der Waals surface area contributed by atoms with Gasteiger partial charge in [-0.25, -0.2) is 0 Å². The monoisotopic (exact) mass is 241 g/mol. The summed E-state index contributed by atoms with van der Waals surface area (Å²) in [6, 6.07) is -1.29. The molecule has 8 heteroatoms. The number of rotatable bonds is 3. The minimum absolute atomic E-state index is 0. The van der Waals surface area contributed by atoms with Gasteiger partial charge < -0.3 is 15.9 Å². The van der Waals surface area contributed by atoms with E-state index in [1.54, 1.807) is 0 Å². The van der Waals surface area contributed by atoms with Gasteiger partial charge in [-0.2, -0.15) is 0 Å². The molecule has 0 aromatic heterocycles. The first-order valence-electron chi connectivity index (χ1n) is 2.24. The molecule has 0 bridgehead atoms. The number of carbonyl (C=O) groups is 2. The molecule has 0 aliphatic carbocycles. The topological polar surface area (TPSA) is 101 Å². The molecule has 1 atom stereocenters. The Morgan fingerprint density at radius 1 is 1.17 bits per heavy atom.